The molecular weight excluding hydrogens is 1030 g/mol. The molecule has 1 unspecified atom stereocenters. The molecular formula is C75H55N9. The lowest BCUT2D eigenvalue weighted by molar-refractivity contribution is 0.765. The summed E-state index contributed by atoms with van der Waals surface area (Å²) < 4.78 is 0. The molecule has 10 aromatic carbocycles. The number of amidine groups is 2. The fourth-order valence-electron chi connectivity index (χ4n) is 11.5. The third-order valence-electron chi connectivity index (χ3n) is 15.4. The van der Waals surface area contributed by atoms with E-state index < -0.39 is 5.41 Å². The molecule has 0 radical (unpaired) electrons. The predicted octanol–water partition coefficient (Wildman–Crippen LogP) is 16.8. The van der Waals surface area contributed by atoms with Crippen LogP contribution in [0.1, 0.15) is 34.7 Å². The van der Waals surface area contributed by atoms with E-state index in [1.807, 2.05) is 153 Å². The highest BCUT2D eigenvalue weighted by Gasteiger charge is 2.47. The first-order chi connectivity index (χ1) is 41.4. The monoisotopic (exact) mass is 1080 g/mol. The quantitative estimate of drug-likeness (QED) is 0.0669. The molecule has 0 amide bonds. The van der Waals surface area contributed by atoms with Crippen molar-refractivity contribution in [2.24, 2.45) is 4.99 Å². The van der Waals surface area contributed by atoms with Gasteiger partial charge in [-0.2, -0.15) is 0 Å². The average molecular weight is 1080 g/mol. The van der Waals surface area contributed by atoms with E-state index in [0.717, 1.165) is 83.5 Å². The molecule has 2 N–H and O–H groups in total. The lowest BCUT2D eigenvalue weighted by Gasteiger charge is -2.35. The first kappa shape index (κ1) is 52.2. The summed E-state index contributed by atoms with van der Waals surface area (Å²) in [5, 5.41) is 13.3. The Morgan fingerprint density at radius 2 is 0.762 bits per heavy atom. The van der Waals surface area contributed by atoms with Gasteiger partial charge in [-0.3, -0.25) is 5.41 Å². The van der Waals surface area contributed by atoms with Crippen LogP contribution in [0.25, 0.3) is 102 Å². The zero-order valence-corrected chi connectivity index (χ0v) is 46.3. The summed E-state index contributed by atoms with van der Waals surface area (Å²) in [5.74, 6) is 3.70. The molecule has 9 heteroatoms. The summed E-state index contributed by atoms with van der Waals surface area (Å²) in [5.41, 5.74) is 15.4. The van der Waals surface area contributed by atoms with Gasteiger partial charge in [-0.05, 0) is 105 Å². The summed E-state index contributed by atoms with van der Waals surface area (Å²) in [6.07, 6.45) is 4.09. The third kappa shape index (κ3) is 9.90. The highest BCUT2D eigenvalue weighted by atomic mass is 15.0. The number of aromatic nitrogens is 6. The summed E-state index contributed by atoms with van der Waals surface area (Å²) >= 11 is 0. The fourth-order valence-corrected chi connectivity index (χ4v) is 11.5. The first-order valence-corrected chi connectivity index (χ1v) is 27.9. The van der Waals surface area contributed by atoms with Crippen LogP contribution in [0.4, 0.5) is 0 Å². The van der Waals surface area contributed by atoms with Crippen LogP contribution < -0.4 is 5.32 Å². The van der Waals surface area contributed by atoms with Crippen molar-refractivity contribution in [1.82, 2.24) is 35.2 Å². The second-order valence-corrected chi connectivity index (χ2v) is 20.5. The number of nitrogens with zero attached hydrogens (tertiary/aromatic N) is 7. The van der Waals surface area contributed by atoms with Gasteiger partial charge in [0.1, 0.15) is 5.84 Å². The molecule has 1 aliphatic rings. The second-order valence-electron chi connectivity index (χ2n) is 20.5. The molecule has 0 saturated heterocycles. The molecule has 0 fully saturated rings. The summed E-state index contributed by atoms with van der Waals surface area (Å²) in [7, 11) is 1.86. The molecule has 1 aliphatic carbocycles. The second kappa shape index (κ2) is 22.8. The van der Waals surface area contributed by atoms with Gasteiger partial charge < -0.3 is 5.32 Å². The number of nitrogens with one attached hydrogen (secondary N) is 2. The molecule has 1 atom stereocenters. The van der Waals surface area contributed by atoms with Crippen molar-refractivity contribution >= 4 is 11.7 Å². The number of rotatable bonds is 13. The van der Waals surface area contributed by atoms with Crippen LogP contribution in [0, 0.1) is 5.41 Å². The van der Waals surface area contributed by atoms with Crippen molar-refractivity contribution in [3.8, 4) is 102 Å². The van der Waals surface area contributed by atoms with Crippen molar-refractivity contribution in [3.05, 3.63) is 313 Å². The molecule has 12 aromatic rings. The van der Waals surface area contributed by atoms with Crippen LogP contribution in [-0.2, 0) is 5.41 Å². The minimum absolute atomic E-state index is 0.0904. The van der Waals surface area contributed by atoms with E-state index in [-0.39, 0.29) is 5.84 Å². The molecule has 400 valence electrons. The van der Waals surface area contributed by atoms with Gasteiger partial charge in [0.2, 0.25) is 0 Å². The van der Waals surface area contributed by atoms with Gasteiger partial charge in [-0.1, -0.05) is 237 Å². The number of hydrogen-bond acceptors (Lipinski definition) is 7. The minimum Gasteiger partial charge on any atom is -0.373 e. The predicted molar refractivity (Wildman–Crippen MR) is 341 cm³/mol. The van der Waals surface area contributed by atoms with Crippen LogP contribution >= 0.6 is 0 Å². The maximum atomic E-state index is 9.95. The van der Waals surface area contributed by atoms with Crippen LogP contribution in [0.3, 0.4) is 0 Å². The average Bonchev–Trinajstić information content (AvgIpc) is 1.96. The van der Waals surface area contributed by atoms with Crippen molar-refractivity contribution in [2.75, 3.05) is 7.05 Å². The van der Waals surface area contributed by atoms with Crippen molar-refractivity contribution in [2.45, 2.75) is 12.3 Å². The highest BCUT2D eigenvalue weighted by molar-refractivity contribution is 6.11. The molecule has 0 bridgehead atoms. The molecule has 2 heterocycles. The van der Waals surface area contributed by atoms with E-state index in [2.05, 4.69) is 146 Å². The van der Waals surface area contributed by atoms with Gasteiger partial charge in [0, 0.05) is 51.6 Å². The van der Waals surface area contributed by atoms with E-state index in [0.29, 0.717) is 57.5 Å². The van der Waals surface area contributed by atoms with Crippen molar-refractivity contribution < 1.29 is 0 Å². The Morgan fingerprint density at radius 3 is 1.17 bits per heavy atom. The molecule has 0 saturated carbocycles. The van der Waals surface area contributed by atoms with Crippen LogP contribution in [0.5, 0.6) is 0 Å². The van der Waals surface area contributed by atoms with Gasteiger partial charge in [0.15, 0.2) is 40.8 Å². The SMILES string of the molecule is C=C/C(=C\C)C1(c2cc(-c3nc(-c4ccccc4)nc(-c4ccccc4)n3)cc(-c3nc(-c4ccccc4)nc(-c4ccccc4)n3)c2)c2ccccc2-c2ccc(C(=N)N=C(NC)c3cc(-c4ccccc4)cc(-c4ccccc4)c3)cc21. The minimum atomic E-state index is -1.03. The number of aliphatic imine (C=N–C) groups is 1. The van der Waals surface area contributed by atoms with Crippen LogP contribution in [-0.4, -0.2) is 48.6 Å². The van der Waals surface area contributed by atoms with Gasteiger partial charge in [0.05, 0.1) is 5.41 Å². The molecule has 84 heavy (non-hydrogen) atoms. The van der Waals surface area contributed by atoms with E-state index >= 15 is 0 Å². The summed E-state index contributed by atoms with van der Waals surface area (Å²) in [6, 6.07) is 88.5. The van der Waals surface area contributed by atoms with E-state index in [1.165, 1.54) is 0 Å². The third-order valence-corrected chi connectivity index (χ3v) is 15.4. The highest BCUT2D eigenvalue weighted by Crippen LogP contribution is 2.57. The van der Waals surface area contributed by atoms with E-state index in [9.17, 15) is 5.41 Å². The lowest BCUT2D eigenvalue weighted by Crippen LogP contribution is -2.29. The Balaban J connectivity index is 1.05. The maximum Gasteiger partial charge on any atom is 0.164 e. The molecule has 2 aromatic heterocycles. The standard InChI is InChI=1S/C75H55N9/c1-4-61(5-2)75(65-39-25-24-38-63(65)64-41-40-55(48-66(64)75)67(76)78-68(77-3)58-43-56(49-26-12-6-13-27-49)42-57(44-58)50-28-14-7-15-29-50)62-46-59(73-81-69(51-30-16-8-17-31-51)79-70(82-73)52-32-18-9-19-33-52)45-60(47-62)74-83-71(53-34-20-10-21-35-53)80-72(84-74)54-36-22-11-23-37-54/h4-48H,1H2,2-3H3,(H2,76,77,78)/b61-5+. The van der Waals surface area contributed by atoms with Gasteiger partial charge in [-0.25, -0.2) is 34.9 Å². The molecule has 0 aliphatic heterocycles. The van der Waals surface area contributed by atoms with Crippen molar-refractivity contribution in [3.63, 3.8) is 0 Å². The maximum absolute atomic E-state index is 9.95. The Morgan fingerprint density at radius 1 is 0.393 bits per heavy atom. The molecule has 0 spiro atoms. The lowest BCUT2D eigenvalue weighted by atomic mass is 9.66. The van der Waals surface area contributed by atoms with Gasteiger partial charge in [0.25, 0.3) is 0 Å². The zero-order chi connectivity index (χ0) is 57.0. The fraction of sp³-hybridized carbons (Fsp3) is 0.0400. The summed E-state index contributed by atoms with van der Waals surface area (Å²) in [4.78, 5) is 36.6. The first-order valence-electron chi connectivity index (χ1n) is 27.9. The smallest absolute Gasteiger partial charge is 0.164 e. The van der Waals surface area contributed by atoms with Gasteiger partial charge >= 0.3 is 0 Å². The normalized spacial score (nSPS) is 13.6. The van der Waals surface area contributed by atoms with E-state index in [4.69, 9.17) is 34.9 Å². The zero-order valence-electron chi connectivity index (χ0n) is 46.3. The number of benzene rings is 10. The Bertz CT molecular complexity index is 4170. The van der Waals surface area contributed by atoms with Crippen LogP contribution in [0.15, 0.2) is 290 Å². The molecule has 13 rings (SSSR count). The Hall–Kier alpha value is -11.2. The molecule has 9 nitrogen and oxygen atoms in total. The number of hydrogen-bond donors (Lipinski definition) is 2. The number of allylic oxidation sites excluding steroid dienone is 3. The van der Waals surface area contributed by atoms with Gasteiger partial charge in [-0.15, -0.1) is 0 Å². The van der Waals surface area contributed by atoms with E-state index in [1.54, 1.807) is 0 Å². The number of fused-ring (bicyclic) bond motifs is 3. The Kier molecular flexibility index (Phi) is 14.2. The topological polar surface area (TPSA) is 126 Å². The Labute approximate surface area is 488 Å². The van der Waals surface area contributed by atoms with Crippen LogP contribution in [0.2, 0.25) is 0 Å². The van der Waals surface area contributed by atoms with Crippen molar-refractivity contribution in [1.29, 1.82) is 5.41 Å². The largest absolute Gasteiger partial charge is 0.373 e. The summed E-state index contributed by atoms with van der Waals surface area (Å²) in [6.45, 7) is 6.58.